The highest BCUT2D eigenvalue weighted by molar-refractivity contribution is 5.87. The standard InChI is InChI=1S/C30H32F3NO4/c1-4-7-11-26(25-10-8-9-24(34-25)22-14-16-23(17-15-22)30(31,32)33)38-27-18-12-21(20-28(27)36-5-2)13-19-29(35)37-6-3/h8-10,12-20,26H,4-7,11H2,1-3H3. The number of hydrogen-bond donors (Lipinski definition) is 0. The van der Waals surface area contributed by atoms with Crippen LogP contribution in [0.2, 0.25) is 0 Å². The second-order valence-corrected chi connectivity index (χ2v) is 8.50. The summed E-state index contributed by atoms with van der Waals surface area (Å²) in [5.41, 5.74) is 1.86. The average molecular weight is 528 g/mol. The fraction of sp³-hybridized carbons (Fsp3) is 0.333. The number of rotatable bonds is 12. The maximum absolute atomic E-state index is 13.0. The minimum atomic E-state index is -4.39. The molecule has 0 bridgehead atoms. The Balaban J connectivity index is 1.88. The highest BCUT2D eigenvalue weighted by Gasteiger charge is 2.30. The molecule has 0 aliphatic heterocycles. The van der Waals surface area contributed by atoms with Crippen LogP contribution in [0.1, 0.15) is 63.0 Å². The van der Waals surface area contributed by atoms with Gasteiger partial charge in [-0.3, -0.25) is 0 Å². The highest BCUT2D eigenvalue weighted by atomic mass is 19.4. The van der Waals surface area contributed by atoms with Crippen molar-refractivity contribution in [2.45, 2.75) is 52.3 Å². The Labute approximate surface area is 221 Å². The van der Waals surface area contributed by atoms with E-state index in [2.05, 4.69) is 6.92 Å². The topological polar surface area (TPSA) is 57.7 Å². The minimum Gasteiger partial charge on any atom is -0.490 e. The molecule has 3 rings (SSSR count). The van der Waals surface area contributed by atoms with E-state index in [1.54, 1.807) is 31.2 Å². The Hall–Kier alpha value is -3.81. The number of carbonyl (C=O) groups is 1. The van der Waals surface area contributed by atoms with Gasteiger partial charge in [-0.05, 0) is 74.7 Å². The molecule has 1 aromatic heterocycles. The van der Waals surface area contributed by atoms with Gasteiger partial charge >= 0.3 is 12.1 Å². The SMILES string of the molecule is CCCCC(Oc1ccc(C=CC(=O)OCC)cc1OCC)c1cccc(-c2ccc(C(F)(F)F)cc2)n1. The van der Waals surface area contributed by atoms with Crippen LogP contribution >= 0.6 is 0 Å². The summed E-state index contributed by atoms with van der Waals surface area (Å²) in [6, 6.07) is 15.8. The van der Waals surface area contributed by atoms with Crippen LogP contribution in [0, 0.1) is 0 Å². The Kier molecular flexibility index (Phi) is 10.3. The zero-order valence-electron chi connectivity index (χ0n) is 21.8. The van der Waals surface area contributed by atoms with Crippen molar-refractivity contribution in [1.82, 2.24) is 4.98 Å². The Morgan fingerprint density at radius 3 is 2.39 bits per heavy atom. The molecule has 0 N–H and O–H groups in total. The summed E-state index contributed by atoms with van der Waals surface area (Å²) in [5.74, 6) is 0.631. The van der Waals surface area contributed by atoms with Gasteiger partial charge in [-0.1, -0.05) is 37.6 Å². The van der Waals surface area contributed by atoms with Crippen LogP contribution in [0.3, 0.4) is 0 Å². The zero-order valence-corrected chi connectivity index (χ0v) is 21.8. The smallest absolute Gasteiger partial charge is 0.416 e. The Morgan fingerprint density at radius 1 is 0.974 bits per heavy atom. The molecule has 0 amide bonds. The van der Waals surface area contributed by atoms with Crippen molar-refractivity contribution in [2.24, 2.45) is 0 Å². The van der Waals surface area contributed by atoms with Crippen LogP contribution in [0.4, 0.5) is 13.2 Å². The van der Waals surface area contributed by atoms with Gasteiger partial charge in [-0.15, -0.1) is 0 Å². The van der Waals surface area contributed by atoms with Crippen LogP contribution in [-0.4, -0.2) is 24.2 Å². The van der Waals surface area contributed by atoms with Crippen molar-refractivity contribution in [3.63, 3.8) is 0 Å². The van der Waals surface area contributed by atoms with E-state index in [4.69, 9.17) is 19.2 Å². The van der Waals surface area contributed by atoms with Gasteiger partial charge in [0.2, 0.25) is 0 Å². The number of unbranched alkanes of at least 4 members (excludes halogenated alkanes) is 1. The van der Waals surface area contributed by atoms with E-state index >= 15 is 0 Å². The maximum atomic E-state index is 13.0. The van der Waals surface area contributed by atoms with Crippen molar-refractivity contribution in [2.75, 3.05) is 13.2 Å². The summed E-state index contributed by atoms with van der Waals surface area (Å²) in [7, 11) is 0. The lowest BCUT2D eigenvalue weighted by atomic mass is 10.1. The molecule has 1 heterocycles. The minimum absolute atomic E-state index is 0.299. The lowest BCUT2D eigenvalue weighted by Gasteiger charge is -2.21. The molecule has 38 heavy (non-hydrogen) atoms. The first-order chi connectivity index (χ1) is 18.2. The van der Waals surface area contributed by atoms with Gasteiger partial charge in [0.1, 0.15) is 6.10 Å². The molecule has 2 aromatic carbocycles. The monoisotopic (exact) mass is 527 g/mol. The first-order valence-corrected chi connectivity index (χ1v) is 12.7. The summed E-state index contributed by atoms with van der Waals surface area (Å²) in [6.45, 7) is 6.41. The number of benzene rings is 2. The number of aromatic nitrogens is 1. The van der Waals surface area contributed by atoms with Crippen molar-refractivity contribution >= 4 is 12.0 Å². The first kappa shape index (κ1) is 28.8. The molecular weight excluding hydrogens is 495 g/mol. The van der Waals surface area contributed by atoms with E-state index in [-0.39, 0.29) is 0 Å². The fourth-order valence-corrected chi connectivity index (χ4v) is 3.78. The molecule has 0 spiro atoms. The first-order valence-electron chi connectivity index (χ1n) is 12.7. The molecule has 5 nitrogen and oxygen atoms in total. The molecule has 3 aromatic rings. The average Bonchev–Trinajstić information content (AvgIpc) is 2.91. The van der Waals surface area contributed by atoms with Gasteiger partial charge in [0.25, 0.3) is 0 Å². The van der Waals surface area contributed by atoms with Gasteiger partial charge in [0.15, 0.2) is 11.5 Å². The maximum Gasteiger partial charge on any atom is 0.416 e. The van der Waals surface area contributed by atoms with Crippen molar-refractivity contribution in [3.8, 4) is 22.8 Å². The number of hydrogen-bond acceptors (Lipinski definition) is 5. The van der Waals surface area contributed by atoms with E-state index in [0.29, 0.717) is 48.1 Å². The van der Waals surface area contributed by atoms with Crippen LogP contribution in [-0.2, 0) is 15.7 Å². The van der Waals surface area contributed by atoms with Gasteiger partial charge in [0.05, 0.1) is 30.2 Å². The number of pyridine rings is 1. The number of esters is 1. The molecule has 0 aliphatic carbocycles. The quantitative estimate of drug-likeness (QED) is 0.176. The molecule has 0 saturated heterocycles. The molecular formula is C30H32F3NO4. The third-order valence-electron chi connectivity index (χ3n) is 5.66. The molecule has 0 aliphatic rings. The van der Waals surface area contributed by atoms with Gasteiger partial charge < -0.3 is 14.2 Å². The number of ether oxygens (including phenoxy) is 3. The van der Waals surface area contributed by atoms with E-state index < -0.39 is 23.8 Å². The Bertz CT molecular complexity index is 1220. The normalized spacial score (nSPS) is 12.4. The van der Waals surface area contributed by atoms with E-state index in [1.807, 2.05) is 25.1 Å². The van der Waals surface area contributed by atoms with E-state index in [0.717, 1.165) is 30.5 Å². The summed E-state index contributed by atoms with van der Waals surface area (Å²) in [6.07, 6.45) is 0.745. The van der Waals surface area contributed by atoms with Gasteiger partial charge in [-0.25, -0.2) is 9.78 Å². The van der Waals surface area contributed by atoms with Gasteiger partial charge in [0, 0.05) is 11.6 Å². The largest absolute Gasteiger partial charge is 0.490 e. The lowest BCUT2D eigenvalue weighted by Crippen LogP contribution is -2.11. The molecule has 1 atom stereocenters. The van der Waals surface area contributed by atoms with Crippen LogP contribution in [0.25, 0.3) is 17.3 Å². The Morgan fingerprint density at radius 2 is 1.74 bits per heavy atom. The second-order valence-electron chi connectivity index (χ2n) is 8.50. The predicted octanol–water partition coefficient (Wildman–Crippen LogP) is 8.05. The number of carbonyl (C=O) groups excluding carboxylic acids is 1. The third kappa shape index (κ3) is 8.10. The zero-order chi connectivity index (χ0) is 27.5. The van der Waals surface area contributed by atoms with Crippen molar-refractivity contribution in [1.29, 1.82) is 0 Å². The summed E-state index contributed by atoms with van der Waals surface area (Å²) < 4.78 is 56.1. The van der Waals surface area contributed by atoms with Crippen molar-refractivity contribution < 1.29 is 32.2 Å². The lowest BCUT2D eigenvalue weighted by molar-refractivity contribution is -0.138. The number of alkyl halides is 3. The summed E-state index contributed by atoms with van der Waals surface area (Å²) in [5, 5.41) is 0. The third-order valence-corrected chi connectivity index (χ3v) is 5.66. The number of halogens is 3. The summed E-state index contributed by atoms with van der Waals surface area (Å²) >= 11 is 0. The highest BCUT2D eigenvalue weighted by Crippen LogP contribution is 2.35. The van der Waals surface area contributed by atoms with Gasteiger partial charge in [-0.2, -0.15) is 13.2 Å². The number of nitrogens with zero attached hydrogens (tertiary/aromatic N) is 1. The van der Waals surface area contributed by atoms with Crippen LogP contribution in [0.5, 0.6) is 11.5 Å². The molecule has 0 radical (unpaired) electrons. The van der Waals surface area contributed by atoms with E-state index in [9.17, 15) is 18.0 Å². The molecule has 8 heteroatoms. The molecule has 1 unspecified atom stereocenters. The second kappa shape index (κ2) is 13.7. The molecule has 202 valence electrons. The predicted molar refractivity (Wildman–Crippen MR) is 141 cm³/mol. The van der Waals surface area contributed by atoms with Crippen LogP contribution in [0.15, 0.2) is 66.7 Å². The molecule has 0 saturated carbocycles. The molecule has 0 fully saturated rings. The summed E-state index contributed by atoms with van der Waals surface area (Å²) in [4.78, 5) is 16.4. The fourth-order valence-electron chi connectivity index (χ4n) is 3.78. The van der Waals surface area contributed by atoms with Crippen LogP contribution < -0.4 is 9.47 Å². The van der Waals surface area contributed by atoms with Crippen molar-refractivity contribution in [3.05, 3.63) is 83.6 Å². The van der Waals surface area contributed by atoms with E-state index in [1.165, 1.54) is 18.2 Å².